The molecule has 0 atom stereocenters. The molecule has 0 aliphatic carbocycles. The van der Waals surface area contributed by atoms with E-state index in [2.05, 4.69) is 64.4 Å². The summed E-state index contributed by atoms with van der Waals surface area (Å²) < 4.78 is 14.0. The molecule has 2 aromatic rings. The van der Waals surface area contributed by atoms with E-state index in [4.69, 9.17) is 0 Å². The van der Waals surface area contributed by atoms with Gasteiger partial charge in [0, 0.05) is 31.4 Å². The Kier molecular flexibility index (Phi) is 11.5. The van der Waals surface area contributed by atoms with Crippen LogP contribution in [0.5, 0.6) is 0 Å². The molecule has 0 aliphatic heterocycles. The normalized spacial score (nSPS) is 11.5. The molecule has 4 heteroatoms. The molecule has 3 nitrogen and oxygen atoms in total. The first-order valence-electron chi connectivity index (χ1n) is 11.6. The first-order chi connectivity index (χ1) is 16.1. The predicted molar refractivity (Wildman–Crippen MR) is 141 cm³/mol. The van der Waals surface area contributed by atoms with Gasteiger partial charge in [-0.2, -0.15) is 0 Å². The van der Waals surface area contributed by atoms with Gasteiger partial charge in [0.2, 0.25) is 0 Å². The molecule has 2 N–H and O–H groups in total. The Balaban J connectivity index is 2.26. The topological polar surface area (TPSA) is 36.4 Å². The third-order valence-corrected chi connectivity index (χ3v) is 5.52. The smallest absolute Gasteiger partial charge is 0.139 e. The van der Waals surface area contributed by atoms with Gasteiger partial charge < -0.3 is 10.6 Å². The number of nitrogens with zero attached hydrogens (tertiary/aromatic N) is 1. The first-order valence-corrected chi connectivity index (χ1v) is 11.6. The zero-order valence-corrected chi connectivity index (χ0v) is 20.2. The van der Waals surface area contributed by atoms with E-state index in [1.165, 1.54) is 17.2 Å². The van der Waals surface area contributed by atoms with Crippen LogP contribution in [-0.2, 0) is 19.4 Å². The van der Waals surface area contributed by atoms with Crippen molar-refractivity contribution in [3.63, 3.8) is 0 Å². The number of halogens is 1. The van der Waals surface area contributed by atoms with Crippen LogP contribution in [0.1, 0.15) is 56.2 Å². The molecule has 33 heavy (non-hydrogen) atoms. The molecular weight excluding hydrogens is 409 g/mol. The lowest BCUT2D eigenvalue weighted by Gasteiger charge is -2.17. The summed E-state index contributed by atoms with van der Waals surface area (Å²) >= 11 is 0. The maximum absolute atomic E-state index is 14.0. The fourth-order valence-corrected chi connectivity index (χ4v) is 3.66. The molecule has 0 bridgehead atoms. The van der Waals surface area contributed by atoms with Crippen LogP contribution < -0.4 is 10.6 Å². The van der Waals surface area contributed by atoms with Crippen LogP contribution in [0.3, 0.4) is 0 Å². The second kappa shape index (κ2) is 14.7. The maximum Gasteiger partial charge on any atom is 0.139 e. The minimum Gasteiger partial charge on any atom is -0.387 e. The molecule has 2 aromatic carbocycles. The van der Waals surface area contributed by atoms with Gasteiger partial charge in [0.25, 0.3) is 0 Å². The highest BCUT2D eigenvalue weighted by Crippen LogP contribution is 2.27. The van der Waals surface area contributed by atoms with Crippen LogP contribution in [0.2, 0.25) is 0 Å². The molecular formula is C29H36FN3. The molecule has 0 heterocycles. The lowest BCUT2D eigenvalue weighted by Crippen LogP contribution is -2.07. The summed E-state index contributed by atoms with van der Waals surface area (Å²) in [5.74, 6) is 5.87. The monoisotopic (exact) mass is 445 g/mol. The van der Waals surface area contributed by atoms with Crippen LogP contribution in [0.25, 0.3) is 0 Å². The SMILES string of the molecule is C=CNCc1ccccc1Nc1cc(CCC(=NC)/C(F)=C\C)ccc1CCCCC#CC. The van der Waals surface area contributed by atoms with Crippen molar-refractivity contribution in [2.75, 3.05) is 12.4 Å². The van der Waals surface area contributed by atoms with Crippen molar-refractivity contribution in [2.45, 2.75) is 58.9 Å². The molecule has 0 radical (unpaired) electrons. The second-order valence-corrected chi connectivity index (χ2v) is 7.80. The number of aliphatic imine (C=N–C) groups is 1. The van der Waals surface area contributed by atoms with Gasteiger partial charge in [-0.25, -0.2) is 4.39 Å². The number of anilines is 2. The highest BCUT2D eigenvalue weighted by atomic mass is 19.1. The average Bonchev–Trinajstić information content (AvgIpc) is 2.84. The minimum atomic E-state index is -0.244. The van der Waals surface area contributed by atoms with E-state index in [0.717, 1.165) is 49.0 Å². The van der Waals surface area contributed by atoms with Crippen LogP contribution in [0.4, 0.5) is 15.8 Å². The molecule has 0 spiro atoms. The fourth-order valence-electron chi connectivity index (χ4n) is 3.66. The van der Waals surface area contributed by atoms with E-state index in [1.54, 1.807) is 20.2 Å². The van der Waals surface area contributed by atoms with Crippen LogP contribution in [0.15, 0.2) is 72.1 Å². The van der Waals surface area contributed by atoms with Gasteiger partial charge in [0.15, 0.2) is 0 Å². The number of para-hydroxylation sites is 1. The Bertz CT molecular complexity index is 1020. The van der Waals surface area contributed by atoms with E-state index >= 15 is 0 Å². The van der Waals surface area contributed by atoms with Crippen molar-refractivity contribution in [1.29, 1.82) is 0 Å². The third kappa shape index (κ3) is 8.61. The van der Waals surface area contributed by atoms with E-state index in [-0.39, 0.29) is 5.83 Å². The number of unbranched alkanes of at least 4 members (excludes halogenated alkanes) is 2. The van der Waals surface area contributed by atoms with Crippen molar-refractivity contribution in [3.8, 4) is 11.8 Å². The van der Waals surface area contributed by atoms with Crippen molar-refractivity contribution in [2.24, 2.45) is 4.99 Å². The lowest BCUT2D eigenvalue weighted by molar-refractivity contribution is 0.672. The summed E-state index contributed by atoms with van der Waals surface area (Å²) in [4.78, 5) is 4.12. The molecule has 0 amide bonds. The van der Waals surface area contributed by atoms with Gasteiger partial charge in [-0.3, -0.25) is 4.99 Å². The standard InChI is InChI=1S/C29H36FN3/c1-5-8-9-10-11-14-24-19-17-23(18-20-28(31-4)26(30)6-2)21-29(24)33-27-16-13-12-15-25(27)22-32-7-3/h6-7,12-13,15-17,19,21,32-33H,3,9-11,14,18,20,22H2,1-2,4H3/b26-6+,31-28?. The molecule has 2 rings (SSSR count). The molecule has 0 unspecified atom stereocenters. The number of benzene rings is 2. The van der Waals surface area contributed by atoms with E-state index in [1.807, 2.05) is 19.1 Å². The van der Waals surface area contributed by atoms with Crippen molar-refractivity contribution in [1.82, 2.24) is 5.32 Å². The molecule has 174 valence electrons. The van der Waals surface area contributed by atoms with Crippen molar-refractivity contribution in [3.05, 3.63) is 83.8 Å². The largest absolute Gasteiger partial charge is 0.387 e. The summed E-state index contributed by atoms with van der Waals surface area (Å²) in [6.07, 6.45) is 8.56. The van der Waals surface area contributed by atoms with Crippen LogP contribution in [0, 0.1) is 11.8 Å². The number of hydrogen-bond donors (Lipinski definition) is 2. The van der Waals surface area contributed by atoms with E-state index in [0.29, 0.717) is 18.7 Å². The van der Waals surface area contributed by atoms with Gasteiger partial charge in [-0.05, 0) is 87.1 Å². The van der Waals surface area contributed by atoms with E-state index < -0.39 is 0 Å². The van der Waals surface area contributed by atoms with Crippen molar-refractivity contribution >= 4 is 17.1 Å². The predicted octanol–water partition coefficient (Wildman–Crippen LogP) is 7.28. The van der Waals surface area contributed by atoms with Gasteiger partial charge in [-0.1, -0.05) is 36.9 Å². The molecule has 0 aromatic heterocycles. The Morgan fingerprint density at radius 3 is 2.64 bits per heavy atom. The van der Waals surface area contributed by atoms with Gasteiger partial charge in [0.1, 0.15) is 5.83 Å². The number of rotatable bonds is 13. The van der Waals surface area contributed by atoms with Crippen LogP contribution in [-0.4, -0.2) is 12.8 Å². The van der Waals surface area contributed by atoms with Gasteiger partial charge >= 0.3 is 0 Å². The summed E-state index contributed by atoms with van der Waals surface area (Å²) in [7, 11) is 1.64. The van der Waals surface area contributed by atoms with Gasteiger partial charge in [-0.15, -0.1) is 11.8 Å². The summed E-state index contributed by atoms with van der Waals surface area (Å²) in [5, 5.41) is 6.84. The minimum absolute atomic E-state index is 0.244. The Hall–Kier alpha value is -3.32. The van der Waals surface area contributed by atoms with Gasteiger partial charge in [0.05, 0.1) is 5.71 Å². The Labute approximate surface area is 198 Å². The lowest BCUT2D eigenvalue weighted by atomic mass is 9.99. The highest BCUT2D eigenvalue weighted by Gasteiger charge is 2.10. The fraction of sp³-hybridized carbons (Fsp3) is 0.345. The average molecular weight is 446 g/mol. The first kappa shape index (κ1) is 25.9. The Morgan fingerprint density at radius 2 is 1.91 bits per heavy atom. The molecule has 0 saturated carbocycles. The molecule has 0 aliphatic rings. The number of nitrogens with one attached hydrogen (secondary N) is 2. The summed E-state index contributed by atoms with van der Waals surface area (Å²) in [6, 6.07) is 14.8. The molecule has 0 fully saturated rings. The summed E-state index contributed by atoms with van der Waals surface area (Å²) in [5.41, 5.74) is 6.28. The zero-order valence-electron chi connectivity index (χ0n) is 20.2. The highest BCUT2D eigenvalue weighted by molar-refractivity contribution is 5.98. The number of allylic oxidation sites excluding steroid dienone is 2. The number of aryl methyl sites for hydroxylation is 2. The van der Waals surface area contributed by atoms with Crippen molar-refractivity contribution < 1.29 is 4.39 Å². The van der Waals surface area contributed by atoms with E-state index in [9.17, 15) is 4.39 Å². The quantitative estimate of drug-likeness (QED) is 0.193. The zero-order chi connectivity index (χ0) is 23.9. The molecule has 0 saturated heterocycles. The maximum atomic E-state index is 14.0. The third-order valence-electron chi connectivity index (χ3n) is 5.52. The number of hydrogen-bond acceptors (Lipinski definition) is 3. The summed E-state index contributed by atoms with van der Waals surface area (Å²) in [6.45, 7) is 8.04. The second-order valence-electron chi connectivity index (χ2n) is 7.80. The Morgan fingerprint density at radius 1 is 1.09 bits per heavy atom. The van der Waals surface area contributed by atoms with Crippen LogP contribution >= 0.6 is 0 Å².